The molecule has 0 aliphatic heterocycles. The highest BCUT2D eigenvalue weighted by Gasteiger charge is 2.33. The number of Topliss-reactive ketones (excluding diaryl/α,β-unsaturated/α-hetero) is 1. The first-order valence-corrected chi connectivity index (χ1v) is 15.9. The average Bonchev–Trinajstić information content (AvgIpc) is 2.67. The van der Waals surface area contributed by atoms with Gasteiger partial charge in [-0.2, -0.15) is 0 Å². The second-order valence-corrected chi connectivity index (χ2v) is 15.4. The summed E-state index contributed by atoms with van der Waals surface area (Å²) in [6, 6.07) is 1.23. The van der Waals surface area contributed by atoms with Crippen molar-refractivity contribution in [3.8, 4) is 11.8 Å². The van der Waals surface area contributed by atoms with Gasteiger partial charge in [-0.05, 0) is 82.0 Å². The summed E-state index contributed by atoms with van der Waals surface area (Å²) in [7, 11) is -1.58. The van der Waals surface area contributed by atoms with E-state index in [2.05, 4.69) is 79.1 Å². The van der Waals surface area contributed by atoms with Gasteiger partial charge in [-0.1, -0.05) is 84.0 Å². The Morgan fingerprint density at radius 2 is 1.91 bits per heavy atom. The number of hydrogen-bond donors (Lipinski definition) is 0. The minimum absolute atomic E-state index is 0.0789. The summed E-state index contributed by atoms with van der Waals surface area (Å²) in [4.78, 5) is 11.1. The predicted molar refractivity (Wildman–Crippen MR) is 144 cm³/mol. The van der Waals surface area contributed by atoms with Crippen molar-refractivity contribution in [2.75, 3.05) is 0 Å². The van der Waals surface area contributed by atoms with Crippen LogP contribution in [0.5, 0.6) is 0 Å². The molecule has 0 aromatic rings. The second kappa shape index (κ2) is 14.9. The number of carbonyl (C=O) groups excluding carboxylic acids is 1. The standard InChI is InChI=1S/C17H32OSi.C12H20O/c1-8-10-14-19(6,7)18-17(13-12-15(3)4)16(5)11-9-2;1-9-6-5-7-12(3,4)11(9)8-10(2)13/h16-17H,3,8-11,14H2,1-2,4-7H3;6,11H,5,7-8H2,1-4H3. The van der Waals surface area contributed by atoms with Gasteiger partial charge in [0.25, 0.3) is 0 Å². The first kappa shape index (κ1) is 30.9. The highest BCUT2D eigenvalue weighted by atomic mass is 28.4. The van der Waals surface area contributed by atoms with Gasteiger partial charge < -0.3 is 9.22 Å². The molecule has 1 aliphatic rings. The summed E-state index contributed by atoms with van der Waals surface area (Å²) in [6.07, 6.45) is 10.3. The SMILES string of the molecule is C=C(C)C#CC(O[Si](C)(C)CCCC)C(C)CCC.CC(=O)CC1C(C)=CCCC1(C)C. The molecular weight excluding hydrogens is 408 g/mol. The van der Waals surface area contributed by atoms with Crippen molar-refractivity contribution in [3.05, 3.63) is 23.8 Å². The van der Waals surface area contributed by atoms with E-state index in [1.165, 1.54) is 50.1 Å². The average molecular weight is 461 g/mol. The largest absolute Gasteiger partial charge is 0.404 e. The van der Waals surface area contributed by atoms with Gasteiger partial charge in [0.1, 0.15) is 11.9 Å². The molecule has 0 aromatic heterocycles. The topological polar surface area (TPSA) is 26.3 Å². The third-order valence-electron chi connectivity index (χ3n) is 6.51. The highest BCUT2D eigenvalue weighted by Crippen LogP contribution is 2.42. The molecule has 0 saturated carbocycles. The van der Waals surface area contributed by atoms with Crippen molar-refractivity contribution < 1.29 is 9.22 Å². The number of ketones is 1. The number of rotatable bonds is 10. The Bertz CT molecular complexity index is 675. The molecule has 0 heterocycles. The molecule has 0 aromatic carbocycles. The summed E-state index contributed by atoms with van der Waals surface area (Å²) < 4.78 is 6.43. The molecule has 0 bridgehead atoms. The summed E-state index contributed by atoms with van der Waals surface area (Å²) >= 11 is 0. The number of carbonyl (C=O) groups is 1. The first-order chi connectivity index (χ1) is 14.8. The molecule has 0 N–H and O–H groups in total. The minimum Gasteiger partial charge on any atom is -0.404 e. The fourth-order valence-electron chi connectivity index (χ4n) is 4.42. The van der Waals surface area contributed by atoms with Crippen LogP contribution in [0.3, 0.4) is 0 Å². The second-order valence-electron chi connectivity index (χ2n) is 11.2. The van der Waals surface area contributed by atoms with Crippen LogP contribution in [0.1, 0.15) is 100 Å². The molecule has 32 heavy (non-hydrogen) atoms. The van der Waals surface area contributed by atoms with E-state index in [4.69, 9.17) is 4.43 Å². The van der Waals surface area contributed by atoms with E-state index < -0.39 is 8.32 Å². The summed E-state index contributed by atoms with van der Waals surface area (Å²) in [6.45, 7) is 25.6. The molecule has 0 spiro atoms. The van der Waals surface area contributed by atoms with Crippen LogP contribution < -0.4 is 0 Å². The lowest BCUT2D eigenvalue weighted by Gasteiger charge is -2.38. The lowest BCUT2D eigenvalue weighted by molar-refractivity contribution is -0.118. The van der Waals surface area contributed by atoms with E-state index in [9.17, 15) is 4.79 Å². The lowest BCUT2D eigenvalue weighted by atomic mass is 9.67. The fourth-order valence-corrected chi connectivity index (χ4v) is 6.72. The maximum Gasteiger partial charge on any atom is 0.188 e. The Kier molecular flexibility index (Phi) is 14.4. The van der Waals surface area contributed by atoms with E-state index in [0.29, 0.717) is 23.0 Å². The quantitative estimate of drug-likeness (QED) is 0.185. The zero-order chi connectivity index (χ0) is 24.9. The normalized spacial score (nSPS) is 19.4. The van der Waals surface area contributed by atoms with Gasteiger partial charge in [0.15, 0.2) is 8.32 Å². The van der Waals surface area contributed by atoms with E-state index >= 15 is 0 Å². The number of allylic oxidation sites excluding steroid dienone is 3. The Hall–Kier alpha value is -1.11. The maximum absolute atomic E-state index is 11.1. The fraction of sp³-hybridized carbons (Fsp3) is 0.759. The Morgan fingerprint density at radius 3 is 2.38 bits per heavy atom. The van der Waals surface area contributed by atoms with E-state index in [-0.39, 0.29) is 6.10 Å². The number of unbranched alkanes of at least 4 members (excludes halogenated alkanes) is 1. The van der Waals surface area contributed by atoms with Crippen molar-refractivity contribution in [2.45, 2.75) is 126 Å². The molecular formula is C29H52O2Si. The van der Waals surface area contributed by atoms with Gasteiger partial charge in [-0.15, -0.1) is 0 Å². The van der Waals surface area contributed by atoms with Crippen molar-refractivity contribution >= 4 is 14.1 Å². The van der Waals surface area contributed by atoms with Crippen LogP contribution in [0, 0.1) is 29.1 Å². The smallest absolute Gasteiger partial charge is 0.188 e. The van der Waals surface area contributed by atoms with Gasteiger partial charge in [-0.25, -0.2) is 0 Å². The molecule has 0 fully saturated rings. The molecule has 3 heteroatoms. The van der Waals surface area contributed by atoms with Crippen molar-refractivity contribution in [1.29, 1.82) is 0 Å². The Morgan fingerprint density at radius 1 is 1.28 bits per heavy atom. The third-order valence-corrected chi connectivity index (χ3v) is 8.96. The summed E-state index contributed by atoms with van der Waals surface area (Å²) in [5.41, 5.74) is 2.64. The molecule has 1 rings (SSSR count). The zero-order valence-electron chi connectivity index (χ0n) is 23.0. The van der Waals surface area contributed by atoms with Gasteiger partial charge in [0.05, 0.1) is 0 Å². The van der Waals surface area contributed by atoms with Crippen LogP contribution >= 0.6 is 0 Å². The molecule has 0 radical (unpaired) electrons. The zero-order valence-corrected chi connectivity index (χ0v) is 24.0. The molecule has 2 nitrogen and oxygen atoms in total. The van der Waals surface area contributed by atoms with Crippen LogP contribution in [0.15, 0.2) is 23.8 Å². The van der Waals surface area contributed by atoms with Gasteiger partial charge in [-0.3, -0.25) is 0 Å². The monoisotopic (exact) mass is 460 g/mol. The van der Waals surface area contributed by atoms with Gasteiger partial charge in [0.2, 0.25) is 0 Å². The van der Waals surface area contributed by atoms with E-state index in [0.717, 1.165) is 12.0 Å². The molecule has 1 aliphatic carbocycles. The molecule has 184 valence electrons. The van der Waals surface area contributed by atoms with Crippen LogP contribution in [0.25, 0.3) is 0 Å². The molecule has 0 saturated heterocycles. The van der Waals surface area contributed by atoms with E-state index in [1.54, 1.807) is 6.92 Å². The highest BCUT2D eigenvalue weighted by molar-refractivity contribution is 6.71. The van der Waals surface area contributed by atoms with Gasteiger partial charge >= 0.3 is 0 Å². The van der Waals surface area contributed by atoms with Crippen LogP contribution in [-0.2, 0) is 9.22 Å². The van der Waals surface area contributed by atoms with Crippen LogP contribution in [0.2, 0.25) is 19.1 Å². The molecule has 3 atom stereocenters. The first-order valence-electron chi connectivity index (χ1n) is 12.8. The van der Waals surface area contributed by atoms with Crippen molar-refractivity contribution in [3.63, 3.8) is 0 Å². The summed E-state index contributed by atoms with van der Waals surface area (Å²) in [5, 5.41) is 0. The van der Waals surface area contributed by atoms with Crippen molar-refractivity contribution in [2.24, 2.45) is 17.3 Å². The lowest BCUT2D eigenvalue weighted by Crippen LogP contribution is -2.37. The minimum atomic E-state index is -1.58. The molecule has 3 unspecified atom stereocenters. The van der Waals surface area contributed by atoms with Crippen LogP contribution in [0.4, 0.5) is 0 Å². The van der Waals surface area contributed by atoms with Crippen LogP contribution in [-0.4, -0.2) is 20.2 Å². The third kappa shape index (κ3) is 12.8. The Balaban J connectivity index is 0.000000641. The van der Waals surface area contributed by atoms with Gasteiger partial charge in [0, 0.05) is 6.42 Å². The maximum atomic E-state index is 11.1. The number of hydrogen-bond acceptors (Lipinski definition) is 2. The predicted octanol–water partition coefficient (Wildman–Crippen LogP) is 8.74. The summed E-state index contributed by atoms with van der Waals surface area (Å²) in [5.74, 6) is 7.70. The Labute approximate surface area is 201 Å². The van der Waals surface area contributed by atoms with Crippen molar-refractivity contribution in [1.82, 2.24) is 0 Å². The van der Waals surface area contributed by atoms with E-state index in [1.807, 2.05) is 6.92 Å². The molecule has 0 amide bonds.